The molecule has 0 radical (unpaired) electrons. The Morgan fingerprint density at radius 1 is 1.10 bits per heavy atom. The molecule has 2 aromatic rings. The van der Waals surface area contributed by atoms with Gasteiger partial charge in [0.25, 0.3) is 0 Å². The van der Waals surface area contributed by atoms with Gasteiger partial charge in [-0.05, 0) is 43.2 Å². The Hall–Kier alpha value is -1.48. The van der Waals surface area contributed by atoms with E-state index in [1.165, 1.54) is 16.8 Å². The van der Waals surface area contributed by atoms with Crippen LogP contribution in [-0.4, -0.2) is 14.1 Å². The Balaban J connectivity index is 2.22. The number of aryl methyl sites for hydroxylation is 1. The molecular formula is C17H21BrN2. The zero-order valence-corrected chi connectivity index (χ0v) is 14.0. The summed E-state index contributed by atoms with van der Waals surface area (Å²) >= 11 is 3.61. The Morgan fingerprint density at radius 3 is 2.45 bits per heavy atom. The molecule has 2 aromatic carbocycles. The van der Waals surface area contributed by atoms with Gasteiger partial charge in [-0.25, -0.2) is 0 Å². The molecule has 0 amide bonds. The van der Waals surface area contributed by atoms with E-state index in [9.17, 15) is 0 Å². The first-order valence-corrected chi connectivity index (χ1v) is 7.57. The summed E-state index contributed by atoms with van der Waals surface area (Å²) in [6.07, 6.45) is 0. The lowest BCUT2D eigenvalue weighted by atomic mass is 10.1. The normalized spacial score (nSPS) is 12.1. The number of nitrogens with zero attached hydrogens (tertiary/aromatic N) is 1. The summed E-state index contributed by atoms with van der Waals surface area (Å²) in [6.45, 7) is 4.31. The van der Waals surface area contributed by atoms with Gasteiger partial charge in [0, 0.05) is 36.0 Å². The Labute approximate surface area is 129 Å². The van der Waals surface area contributed by atoms with E-state index in [4.69, 9.17) is 0 Å². The van der Waals surface area contributed by atoms with Crippen molar-refractivity contribution < 1.29 is 0 Å². The second kappa shape index (κ2) is 6.31. The summed E-state index contributed by atoms with van der Waals surface area (Å²) in [7, 11) is 4.15. The van der Waals surface area contributed by atoms with Crippen LogP contribution in [-0.2, 0) is 0 Å². The van der Waals surface area contributed by atoms with Crippen LogP contribution in [0.1, 0.15) is 24.1 Å². The molecule has 20 heavy (non-hydrogen) atoms. The number of hydrogen-bond donors (Lipinski definition) is 1. The standard InChI is InChI=1S/C17H21BrN2/c1-12-9-10-14(11-17(12)20(3)4)19-13(2)15-7-5-6-8-16(15)18/h5-11,13,19H,1-4H3. The van der Waals surface area contributed by atoms with Crippen molar-refractivity contribution in [2.45, 2.75) is 19.9 Å². The van der Waals surface area contributed by atoms with Crippen molar-refractivity contribution in [3.8, 4) is 0 Å². The summed E-state index contributed by atoms with van der Waals surface area (Å²) in [4.78, 5) is 2.14. The first-order chi connectivity index (χ1) is 9.49. The van der Waals surface area contributed by atoms with Gasteiger partial charge < -0.3 is 10.2 Å². The van der Waals surface area contributed by atoms with Crippen LogP contribution in [0, 0.1) is 6.92 Å². The molecule has 0 saturated carbocycles. The lowest BCUT2D eigenvalue weighted by molar-refractivity contribution is 0.878. The highest BCUT2D eigenvalue weighted by Gasteiger charge is 2.09. The van der Waals surface area contributed by atoms with Crippen molar-refractivity contribution in [2.75, 3.05) is 24.3 Å². The maximum absolute atomic E-state index is 3.61. The van der Waals surface area contributed by atoms with E-state index in [0.717, 1.165) is 10.2 Å². The lowest BCUT2D eigenvalue weighted by Crippen LogP contribution is -2.12. The Bertz CT molecular complexity index is 593. The monoisotopic (exact) mass is 332 g/mol. The van der Waals surface area contributed by atoms with Crippen molar-refractivity contribution in [3.05, 3.63) is 58.1 Å². The van der Waals surface area contributed by atoms with E-state index in [1.807, 2.05) is 6.07 Å². The van der Waals surface area contributed by atoms with E-state index in [1.54, 1.807) is 0 Å². The average Bonchev–Trinajstić information content (AvgIpc) is 2.41. The predicted octanol–water partition coefficient (Wildman–Crippen LogP) is 5.00. The molecule has 0 aromatic heterocycles. The largest absolute Gasteiger partial charge is 0.378 e. The van der Waals surface area contributed by atoms with Crippen LogP contribution in [0.3, 0.4) is 0 Å². The minimum absolute atomic E-state index is 0.253. The zero-order chi connectivity index (χ0) is 14.7. The van der Waals surface area contributed by atoms with Gasteiger partial charge in [-0.2, -0.15) is 0 Å². The van der Waals surface area contributed by atoms with Crippen molar-refractivity contribution in [1.82, 2.24) is 0 Å². The van der Waals surface area contributed by atoms with Crippen molar-refractivity contribution >= 4 is 27.3 Å². The highest BCUT2D eigenvalue weighted by atomic mass is 79.9. The van der Waals surface area contributed by atoms with Gasteiger partial charge in [-0.1, -0.05) is 40.2 Å². The third kappa shape index (κ3) is 3.34. The van der Waals surface area contributed by atoms with Gasteiger partial charge in [0.2, 0.25) is 0 Å². The van der Waals surface area contributed by atoms with Gasteiger partial charge in [-0.3, -0.25) is 0 Å². The third-order valence-electron chi connectivity index (χ3n) is 3.45. The number of halogens is 1. The van der Waals surface area contributed by atoms with E-state index in [0.29, 0.717) is 0 Å². The van der Waals surface area contributed by atoms with E-state index >= 15 is 0 Å². The fourth-order valence-corrected chi connectivity index (χ4v) is 2.96. The first-order valence-electron chi connectivity index (χ1n) is 6.78. The molecule has 0 saturated heterocycles. The topological polar surface area (TPSA) is 15.3 Å². The van der Waals surface area contributed by atoms with Crippen molar-refractivity contribution in [1.29, 1.82) is 0 Å². The maximum atomic E-state index is 3.61. The molecule has 1 N–H and O–H groups in total. The molecule has 0 aliphatic rings. The number of rotatable bonds is 4. The van der Waals surface area contributed by atoms with E-state index in [2.05, 4.69) is 90.5 Å². The third-order valence-corrected chi connectivity index (χ3v) is 4.17. The van der Waals surface area contributed by atoms with Crippen LogP contribution < -0.4 is 10.2 Å². The Morgan fingerprint density at radius 2 is 1.80 bits per heavy atom. The zero-order valence-electron chi connectivity index (χ0n) is 12.4. The summed E-state index contributed by atoms with van der Waals surface area (Å²) in [5, 5.41) is 3.56. The molecule has 3 heteroatoms. The van der Waals surface area contributed by atoms with Crippen LogP contribution in [0.5, 0.6) is 0 Å². The molecule has 2 rings (SSSR count). The summed E-state index contributed by atoms with van der Waals surface area (Å²) in [6, 6.07) is 15.1. The molecule has 106 valence electrons. The number of benzene rings is 2. The lowest BCUT2D eigenvalue weighted by Gasteiger charge is -2.21. The smallest absolute Gasteiger partial charge is 0.0496 e. The molecule has 0 heterocycles. The van der Waals surface area contributed by atoms with Gasteiger partial charge in [-0.15, -0.1) is 0 Å². The van der Waals surface area contributed by atoms with E-state index < -0.39 is 0 Å². The molecule has 0 spiro atoms. The molecular weight excluding hydrogens is 312 g/mol. The Kier molecular flexibility index (Phi) is 4.71. The van der Waals surface area contributed by atoms with Gasteiger partial charge in [0.1, 0.15) is 0 Å². The van der Waals surface area contributed by atoms with Crippen LogP contribution in [0.25, 0.3) is 0 Å². The van der Waals surface area contributed by atoms with Crippen molar-refractivity contribution in [2.24, 2.45) is 0 Å². The molecule has 0 fully saturated rings. The minimum atomic E-state index is 0.253. The fraction of sp³-hybridized carbons (Fsp3) is 0.294. The van der Waals surface area contributed by atoms with Crippen LogP contribution in [0.2, 0.25) is 0 Å². The molecule has 0 bridgehead atoms. The second-order valence-corrected chi connectivity index (χ2v) is 6.14. The number of anilines is 2. The quantitative estimate of drug-likeness (QED) is 0.847. The van der Waals surface area contributed by atoms with Crippen LogP contribution >= 0.6 is 15.9 Å². The van der Waals surface area contributed by atoms with Gasteiger partial charge in [0.05, 0.1) is 0 Å². The van der Waals surface area contributed by atoms with Gasteiger partial charge >= 0.3 is 0 Å². The van der Waals surface area contributed by atoms with E-state index in [-0.39, 0.29) is 6.04 Å². The molecule has 2 nitrogen and oxygen atoms in total. The van der Waals surface area contributed by atoms with Gasteiger partial charge in [0.15, 0.2) is 0 Å². The molecule has 1 atom stereocenters. The number of hydrogen-bond acceptors (Lipinski definition) is 2. The minimum Gasteiger partial charge on any atom is -0.378 e. The summed E-state index contributed by atoms with van der Waals surface area (Å²) in [5.74, 6) is 0. The summed E-state index contributed by atoms with van der Waals surface area (Å²) < 4.78 is 1.14. The first kappa shape index (κ1) is 14.9. The fourth-order valence-electron chi connectivity index (χ4n) is 2.34. The van der Waals surface area contributed by atoms with Crippen LogP contribution in [0.4, 0.5) is 11.4 Å². The van der Waals surface area contributed by atoms with Crippen molar-refractivity contribution in [3.63, 3.8) is 0 Å². The second-order valence-electron chi connectivity index (χ2n) is 5.28. The maximum Gasteiger partial charge on any atom is 0.0496 e. The number of nitrogens with one attached hydrogen (secondary N) is 1. The molecule has 0 aliphatic heterocycles. The molecule has 1 unspecified atom stereocenters. The SMILES string of the molecule is Cc1ccc(NC(C)c2ccccc2Br)cc1N(C)C. The average molecular weight is 333 g/mol. The summed E-state index contributed by atoms with van der Waals surface area (Å²) in [5.41, 5.74) is 4.94. The van der Waals surface area contributed by atoms with Crippen LogP contribution in [0.15, 0.2) is 46.9 Å². The highest BCUT2D eigenvalue weighted by molar-refractivity contribution is 9.10. The highest BCUT2D eigenvalue weighted by Crippen LogP contribution is 2.28. The molecule has 0 aliphatic carbocycles. The predicted molar refractivity (Wildman–Crippen MR) is 91.7 cm³/mol.